The number of fused-ring (bicyclic) bond motifs is 3. The normalized spacial score (nSPS) is 11.2. The first kappa shape index (κ1) is 20.6. The number of nitrogens with zero attached hydrogens (tertiary/aromatic N) is 4. The Kier molecular flexibility index (Phi) is 4.97. The molecule has 2 heterocycles. The van der Waals surface area contributed by atoms with Crippen molar-refractivity contribution in [2.75, 3.05) is 5.32 Å². The number of aryl methyl sites for hydroxylation is 2. The van der Waals surface area contributed by atoms with Crippen molar-refractivity contribution >= 4 is 28.3 Å². The van der Waals surface area contributed by atoms with E-state index in [-0.39, 0.29) is 22.7 Å². The number of hydrogen-bond donors (Lipinski definition) is 1. The molecule has 0 fully saturated rings. The third kappa shape index (κ3) is 3.65. The summed E-state index contributed by atoms with van der Waals surface area (Å²) in [6.45, 7) is 4.29. The topological polar surface area (TPSA) is 81.3 Å². The van der Waals surface area contributed by atoms with Gasteiger partial charge in [-0.2, -0.15) is 4.98 Å². The summed E-state index contributed by atoms with van der Waals surface area (Å²) in [5, 5.41) is 6.75. The zero-order valence-corrected chi connectivity index (χ0v) is 18.0. The van der Waals surface area contributed by atoms with E-state index in [0.717, 1.165) is 16.7 Å². The Morgan fingerprint density at radius 3 is 2.55 bits per heavy atom. The monoisotopic (exact) mass is 441 g/mol. The lowest BCUT2D eigenvalue weighted by atomic mass is 10.1. The summed E-state index contributed by atoms with van der Waals surface area (Å²) in [4.78, 5) is 30.4. The Hall–Kier alpha value is -4.33. The lowest BCUT2D eigenvalue weighted by molar-refractivity contribution is 0.101. The Labute approximate surface area is 188 Å². The van der Waals surface area contributed by atoms with Crippen molar-refractivity contribution in [3.63, 3.8) is 0 Å². The van der Waals surface area contributed by atoms with Crippen LogP contribution in [0.3, 0.4) is 0 Å². The maximum Gasteiger partial charge on any atom is 0.296 e. The van der Waals surface area contributed by atoms with Crippen molar-refractivity contribution in [1.82, 2.24) is 19.2 Å². The van der Waals surface area contributed by atoms with Gasteiger partial charge >= 0.3 is 0 Å². The molecule has 3 aromatic carbocycles. The second-order valence-corrected chi connectivity index (χ2v) is 7.91. The van der Waals surface area contributed by atoms with E-state index in [1.165, 1.54) is 22.7 Å². The van der Waals surface area contributed by atoms with Crippen molar-refractivity contribution in [2.24, 2.45) is 0 Å². The number of hydrogen-bond acceptors (Lipinski definition) is 4. The summed E-state index contributed by atoms with van der Waals surface area (Å²) in [6.07, 6.45) is 0. The van der Waals surface area contributed by atoms with Crippen LogP contribution in [0.15, 0.2) is 71.5 Å². The molecule has 0 bridgehead atoms. The van der Waals surface area contributed by atoms with Crippen LogP contribution in [0.2, 0.25) is 0 Å². The first-order valence-corrected chi connectivity index (χ1v) is 10.4. The number of nitrogens with one attached hydrogen (secondary N) is 1. The highest BCUT2D eigenvalue weighted by atomic mass is 19.1. The van der Waals surface area contributed by atoms with Gasteiger partial charge in [0.1, 0.15) is 5.82 Å². The molecule has 0 atom stereocenters. The van der Waals surface area contributed by atoms with Crippen molar-refractivity contribution in [1.29, 1.82) is 0 Å². The Balaban J connectivity index is 1.67. The standard InChI is InChI=1S/C25H20FN5O2/c1-15-11-12-20-21(13-15)30(14-17-8-4-3-7-16(17)2)25(33)23-28-22(29-31(20)23)24(32)27-19-10-6-5-9-18(19)26/h3-13H,14H2,1-2H3,(H,27,32). The molecule has 5 rings (SSSR count). The van der Waals surface area contributed by atoms with Gasteiger partial charge < -0.3 is 5.32 Å². The maximum atomic E-state index is 14.0. The van der Waals surface area contributed by atoms with Gasteiger partial charge in [0.15, 0.2) is 0 Å². The van der Waals surface area contributed by atoms with E-state index in [9.17, 15) is 14.0 Å². The molecule has 0 unspecified atom stereocenters. The van der Waals surface area contributed by atoms with Crippen molar-refractivity contribution in [3.8, 4) is 0 Å². The number of carbonyl (C=O) groups excluding carboxylic acids is 1. The highest BCUT2D eigenvalue weighted by molar-refractivity contribution is 6.02. The molecule has 0 aliphatic rings. The molecular formula is C25H20FN5O2. The van der Waals surface area contributed by atoms with E-state index < -0.39 is 11.7 Å². The van der Waals surface area contributed by atoms with Crippen molar-refractivity contribution in [2.45, 2.75) is 20.4 Å². The molecule has 0 spiro atoms. The molecule has 1 N–H and O–H groups in total. The molecule has 0 aliphatic carbocycles. The first-order chi connectivity index (χ1) is 15.9. The second-order valence-electron chi connectivity index (χ2n) is 7.91. The van der Waals surface area contributed by atoms with Gasteiger partial charge in [-0.25, -0.2) is 8.91 Å². The number of carbonyl (C=O) groups is 1. The number of amides is 1. The fourth-order valence-electron chi connectivity index (χ4n) is 3.83. The number of benzene rings is 3. The third-order valence-corrected chi connectivity index (χ3v) is 5.61. The first-order valence-electron chi connectivity index (χ1n) is 10.4. The molecule has 2 aromatic heterocycles. The fraction of sp³-hybridized carbons (Fsp3) is 0.120. The van der Waals surface area contributed by atoms with Gasteiger partial charge in [-0.3, -0.25) is 14.2 Å². The molecule has 1 amide bonds. The molecule has 0 saturated carbocycles. The van der Waals surface area contributed by atoms with Crippen LogP contribution in [0.5, 0.6) is 0 Å². The predicted molar refractivity (Wildman–Crippen MR) is 124 cm³/mol. The molecule has 0 saturated heterocycles. The van der Waals surface area contributed by atoms with Crippen LogP contribution >= 0.6 is 0 Å². The van der Waals surface area contributed by atoms with Crippen LogP contribution in [-0.4, -0.2) is 25.1 Å². The number of aromatic nitrogens is 4. The average Bonchev–Trinajstić information content (AvgIpc) is 3.25. The van der Waals surface area contributed by atoms with Gasteiger partial charge in [0.25, 0.3) is 11.5 Å². The van der Waals surface area contributed by atoms with E-state index in [2.05, 4.69) is 15.4 Å². The largest absolute Gasteiger partial charge is 0.317 e. The Morgan fingerprint density at radius 1 is 1.00 bits per heavy atom. The fourth-order valence-corrected chi connectivity index (χ4v) is 3.83. The molecule has 0 aliphatic heterocycles. The van der Waals surface area contributed by atoms with E-state index in [0.29, 0.717) is 17.6 Å². The molecular weight excluding hydrogens is 421 g/mol. The van der Waals surface area contributed by atoms with Crippen LogP contribution in [-0.2, 0) is 6.54 Å². The van der Waals surface area contributed by atoms with Crippen LogP contribution < -0.4 is 10.9 Å². The van der Waals surface area contributed by atoms with E-state index >= 15 is 0 Å². The SMILES string of the molecule is Cc1ccc2c(c1)n(Cc1ccccc1C)c(=O)c1nc(C(=O)Nc3ccccc3F)nn12. The smallest absolute Gasteiger partial charge is 0.296 e. The lowest BCUT2D eigenvalue weighted by Crippen LogP contribution is -2.24. The molecule has 33 heavy (non-hydrogen) atoms. The number of rotatable bonds is 4. The van der Waals surface area contributed by atoms with Gasteiger partial charge in [-0.1, -0.05) is 42.5 Å². The third-order valence-electron chi connectivity index (χ3n) is 5.61. The predicted octanol–water partition coefficient (Wildman–Crippen LogP) is 4.10. The Bertz CT molecular complexity index is 1600. The minimum absolute atomic E-state index is 0.0128. The quantitative estimate of drug-likeness (QED) is 0.455. The highest BCUT2D eigenvalue weighted by Gasteiger charge is 2.20. The van der Waals surface area contributed by atoms with Crippen molar-refractivity contribution in [3.05, 3.63) is 105 Å². The summed E-state index contributed by atoms with van der Waals surface area (Å²) in [7, 11) is 0. The summed E-state index contributed by atoms with van der Waals surface area (Å²) in [5.41, 5.74) is 4.05. The molecule has 7 nitrogen and oxygen atoms in total. The highest BCUT2D eigenvalue weighted by Crippen LogP contribution is 2.19. The maximum absolute atomic E-state index is 14.0. The van der Waals surface area contributed by atoms with Crippen LogP contribution in [0, 0.1) is 19.7 Å². The molecule has 8 heteroatoms. The van der Waals surface area contributed by atoms with Crippen molar-refractivity contribution < 1.29 is 9.18 Å². The van der Waals surface area contributed by atoms with Gasteiger partial charge in [-0.15, -0.1) is 5.10 Å². The van der Waals surface area contributed by atoms with E-state index in [1.807, 2.05) is 56.3 Å². The Morgan fingerprint density at radius 2 is 1.76 bits per heavy atom. The zero-order chi connectivity index (χ0) is 23.1. The molecule has 164 valence electrons. The summed E-state index contributed by atoms with van der Waals surface area (Å²) in [6, 6.07) is 19.3. The van der Waals surface area contributed by atoms with Crippen LogP contribution in [0.4, 0.5) is 10.1 Å². The average molecular weight is 441 g/mol. The lowest BCUT2D eigenvalue weighted by Gasteiger charge is -2.13. The minimum Gasteiger partial charge on any atom is -0.317 e. The molecule has 5 aromatic rings. The van der Waals surface area contributed by atoms with E-state index in [1.54, 1.807) is 10.6 Å². The van der Waals surface area contributed by atoms with Gasteiger partial charge in [-0.05, 0) is 54.8 Å². The van der Waals surface area contributed by atoms with Gasteiger partial charge in [0, 0.05) is 0 Å². The summed E-state index contributed by atoms with van der Waals surface area (Å²) >= 11 is 0. The number of para-hydroxylation sites is 1. The number of halogens is 1. The second kappa shape index (κ2) is 7.98. The molecule has 0 radical (unpaired) electrons. The van der Waals surface area contributed by atoms with Crippen LogP contribution in [0.1, 0.15) is 27.3 Å². The summed E-state index contributed by atoms with van der Waals surface area (Å²) in [5.74, 6) is -1.49. The van der Waals surface area contributed by atoms with Gasteiger partial charge in [0.2, 0.25) is 11.5 Å². The summed E-state index contributed by atoms with van der Waals surface area (Å²) < 4.78 is 17.0. The van der Waals surface area contributed by atoms with Crippen LogP contribution in [0.25, 0.3) is 16.7 Å². The zero-order valence-electron chi connectivity index (χ0n) is 18.0. The number of anilines is 1. The van der Waals surface area contributed by atoms with E-state index in [4.69, 9.17) is 0 Å². The minimum atomic E-state index is -0.700. The van der Waals surface area contributed by atoms with Gasteiger partial charge in [0.05, 0.1) is 23.3 Å².